The molecule has 0 saturated carbocycles. The summed E-state index contributed by atoms with van der Waals surface area (Å²) >= 11 is 0. The summed E-state index contributed by atoms with van der Waals surface area (Å²) in [4.78, 5) is 18.3. The fraction of sp³-hybridized carbons (Fsp3) is 0.500. The van der Waals surface area contributed by atoms with Crippen molar-refractivity contribution >= 4 is 5.91 Å². The molecule has 2 N–H and O–H groups in total. The predicted octanol–water partition coefficient (Wildman–Crippen LogP) is 0.953. The molecule has 0 aliphatic carbocycles. The Bertz CT molecular complexity index is 392. The maximum atomic E-state index is 12.2. The second-order valence-corrected chi connectivity index (χ2v) is 4.19. The molecule has 0 aromatic carbocycles. The average Bonchev–Trinajstić information content (AvgIpc) is 2.76. The first-order valence-corrected chi connectivity index (χ1v) is 5.67. The van der Waals surface area contributed by atoms with Crippen molar-refractivity contribution in [3.05, 3.63) is 29.6 Å². The summed E-state index contributed by atoms with van der Waals surface area (Å²) in [5, 5.41) is 0. The largest absolute Gasteiger partial charge is 0.333 e. The summed E-state index contributed by atoms with van der Waals surface area (Å²) in [6.45, 7) is 3.23. The Hall–Kier alpha value is -1.42. The van der Waals surface area contributed by atoms with Gasteiger partial charge in [0.2, 0.25) is 0 Å². The molecule has 1 aromatic rings. The van der Waals surface area contributed by atoms with Gasteiger partial charge in [0.05, 0.1) is 0 Å². The second-order valence-electron chi connectivity index (χ2n) is 4.19. The Labute approximate surface area is 95.5 Å². The molecule has 86 valence electrons. The lowest BCUT2D eigenvalue weighted by atomic mass is 10.2. The van der Waals surface area contributed by atoms with Crippen LogP contribution in [-0.4, -0.2) is 34.9 Å². The summed E-state index contributed by atoms with van der Waals surface area (Å²) in [5.41, 5.74) is 7.05. The minimum Gasteiger partial charge on any atom is -0.333 e. The van der Waals surface area contributed by atoms with Gasteiger partial charge in [0.1, 0.15) is 5.69 Å². The molecule has 1 amide bonds. The highest BCUT2D eigenvalue weighted by Gasteiger charge is 2.28. The number of nitrogens with zero attached hydrogens (tertiary/aromatic N) is 2. The lowest BCUT2D eigenvalue weighted by Crippen LogP contribution is -2.40. The summed E-state index contributed by atoms with van der Waals surface area (Å²) in [5.74, 6) is 0.0108. The van der Waals surface area contributed by atoms with E-state index in [0.717, 1.165) is 25.1 Å². The Morgan fingerprint density at radius 1 is 1.62 bits per heavy atom. The number of aryl methyl sites for hydroxylation is 1. The zero-order valence-corrected chi connectivity index (χ0v) is 9.52. The van der Waals surface area contributed by atoms with Crippen LogP contribution in [0.3, 0.4) is 0 Å². The third-order valence-electron chi connectivity index (χ3n) is 3.02. The lowest BCUT2D eigenvalue weighted by molar-refractivity contribution is 0.0735. The van der Waals surface area contributed by atoms with E-state index in [2.05, 4.69) is 4.98 Å². The monoisotopic (exact) mass is 219 g/mol. The van der Waals surface area contributed by atoms with Crippen molar-refractivity contribution in [3.63, 3.8) is 0 Å². The number of nitrogens with two attached hydrogens (primary N) is 1. The van der Waals surface area contributed by atoms with Gasteiger partial charge in [-0.3, -0.25) is 4.79 Å². The Kier molecular flexibility index (Phi) is 3.19. The zero-order valence-electron chi connectivity index (χ0n) is 9.52. The van der Waals surface area contributed by atoms with Gasteiger partial charge in [0.15, 0.2) is 0 Å². The maximum Gasteiger partial charge on any atom is 0.272 e. The minimum absolute atomic E-state index is 0.0108. The molecule has 1 fully saturated rings. The number of hydrogen-bond donors (Lipinski definition) is 1. The third-order valence-corrected chi connectivity index (χ3v) is 3.02. The average molecular weight is 219 g/mol. The van der Waals surface area contributed by atoms with E-state index in [1.54, 1.807) is 6.07 Å². The van der Waals surface area contributed by atoms with Crippen LogP contribution in [0, 0.1) is 6.92 Å². The van der Waals surface area contributed by atoms with E-state index in [-0.39, 0.29) is 11.9 Å². The van der Waals surface area contributed by atoms with Crippen molar-refractivity contribution in [1.29, 1.82) is 0 Å². The van der Waals surface area contributed by atoms with Gasteiger partial charge in [-0.05, 0) is 31.9 Å². The van der Waals surface area contributed by atoms with Crippen LogP contribution in [0.5, 0.6) is 0 Å². The van der Waals surface area contributed by atoms with Crippen molar-refractivity contribution in [3.8, 4) is 0 Å². The van der Waals surface area contributed by atoms with Crippen LogP contribution in [0.2, 0.25) is 0 Å². The van der Waals surface area contributed by atoms with Crippen LogP contribution in [-0.2, 0) is 0 Å². The first kappa shape index (κ1) is 11.1. The highest BCUT2D eigenvalue weighted by Crippen LogP contribution is 2.18. The highest BCUT2D eigenvalue weighted by atomic mass is 16.2. The van der Waals surface area contributed by atoms with Crippen molar-refractivity contribution in [2.75, 3.05) is 13.1 Å². The van der Waals surface area contributed by atoms with E-state index in [0.29, 0.717) is 12.2 Å². The molecule has 1 aliphatic rings. The van der Waals surface area contributed by atoms with Crippen LogP contribution < -0.4 is 5.73 Å². The normalized spacial score (nSPS) is 20.1. The molecule has 1 aromatic heterocycles. The summed E-state index contributed by atoms with van der Waals surface area (Å²) < 4.78 is 0. The number of carbonyl (C=O) groups is 1. The van der Waals surface area contributed by atoms with Gasteiger partial charge in [0, 0.05) is 24.8 Å². The van der Waals surface area contributed by atoms with Crippen molar-refractivity contribution in [2.24, 2.45) is 5.73 Å². The predicted molar refractivity (Wildman–Crippen MR) is 62.1 cm³/mol. The number of likely N-dealkylation sites (tertiary alicyclic amines) is 1. The SMILES string of the molecule is Cc1cccc(C(=O)N2CCCC2CN)n1. The lowest BCUT2D eigenvalue weighted by Gasteiger charge is -2.23. The molecule has 0 bridgehead atoms. The molecule has 16 heavy (non-hydrogen) atoms. The van der Waals surface area contributed by atoms with Crippen molar-refractivity contribution < 1.29 is 4.79 Å². The highest BCUT2D eigenvalue weighted by molar-refractivity contribution is 5.92. The van der Waals surface area contributed by atoms with E-state index < -0.39 is 0 Å². The standard InChI is InChI=1S/C12H17N3O/c1-9-4-2-6-11(14-9)12(16)15-7-3-5-10(15)8-13/h2,4,6,10H,3,5,7-8,13H2,1H3. The second kappa shape index (κ2) is 4.61. The van der Waals surface area contributed by atoms with Crippen LogP contribution in [0.4, 0.5) is 0 Å². The zero-order chi connectivity index (χ0) is 11.5. The topological polar surface area (TPSA) is 59.2 Å². The molecular formula is C12H17N3O. The van der Waals surface area contributed by atoms with Gasteiger partial charge in [0.25, 0.3) is 5.91 Å². The molecule has 1 saturated heterocycles. The van der Waals surface area contributed by atoms with Gasteiger partial charge >= 0.3 is 0 Å². The van der Waals surface area contributed by atoms with Gasteiger partial charge in [-0.15, -0.1) is 0 Å². The molecule has 4 heteroatoms. The van der Waals surface area contributed by atoms with Crippen molar-refractivity contribution in [2.45, 2.75) is 25.8 Å². The van der Waals surface area contributed by atoms with Crippen LogP contribution in [0.25, 0.3) is 0 Å². The maximum absolute atomic E-state index is 12.2. The van der Waals surface area contributed by atoms with E-state index in [1.807, 2.05) is 24.0 Å². The molecule has 1 atom stereocenters. The molecule has 2 rings (SSSR count). The third kappa shape index (κ3) is 2.07. The van der Waals surface area contributed by atoms with Gasteiger partial charge < -0.3 is 10.6 Å². The molecule has 0 spiro atoms. The Balaban J connectivity index is 2.18. The van der Waals surface area contributed by atoms with Crippen LogP contribution in [0.15, 0.2) is 18.2 Å². The van der Waals surface area contributed by atoms with Gasteiger partial charge in [-0.1, -0.05) is 6.07 Å². The number of pyridine rings is 1. The molecule has 0 radical (unpaired) electrons. The summed E-state index contributed by atoms with van der Waals surface area (Å²) in [6.07, 6.45) is 2.05. The Morgan fingerprint density at radius 3 is 3.12 bits per heavy atom. The Morgan fingerprint density at radius 2 is 2.44 bits per heavy atom. The van der Waals surface area contributed by atoms with E-state index >= 15 is 0 Å². The molecule has 2 heterocycles. The van der Waals surface area contributed by atoms with E-state index in [4.69, 9.17) is 5.73 Å². The first-order chi connectivity index (χ1) is 7.72. The van der Waals surface area contributed by atoms with E-state index in [9.17, 15) is 4.79 Å². The van der Waals surface area contributed by atoms with Crippen LogP contribution >= 0.6 is 0 Å². The molecule has 1 aliphatic heterocycles. The number of rotatable bonds is 2. The molecule has 4 nitrogen and oxygen atoms in total. The van der Waals surface area contributed by atoms with Gasteiger partial charge in [-0.2, -0.15) is 0 Å². The first-order valence-electron chi connectivity index (χ1n) is 5.67. The fourth-order valence-electron chi connectivity index (χ4n) is 2.16. The van der Waals surface area contributed by atoms with E-state index in [1.165, 1.54) is 0 Å². The fourth-order valence-corrected chi connectivity index (χ4v) is 2.16. The van der Waals surface area contributed by atoms with Gasteiger partial charge in [-0.25, -0.2) is 4.98 Å². The molecular weight excluding hydrogens is 202 g/mol. The molecule has 1 unspecified atom stereocenters. The number of aromatic nitrogens is 1. The van der Waals surface area contributed by atoms with Crippen molar-refractivity contribution in [1.82, 2.24) is 9.88 Å². The quantitative estimate of drug-likeness (QED) is 0.805. The smallest absolute Gasteiger partial charge is 0.272 e. The summed E-state index contributed by atoms with van der Waals surface area (Å²) in [7, 11) is 0. The number of hydrogen-bond acceptors (Lipinski definition) is 3. The minimum atomic E-state index is 0.0108. The number of carbonyl (C=O) groups excluding carboxylic acids is 1. The van der Waals surface area contributed by atoms with Crippen LogP contribution in [0.1, 0.15) is 29.0 Å². The number of amides is 1. The summed E-state index contributed by atoms with van der Waals surface area (Å²) in [6, 6.07) is 5.71.